The van der Waals surface area contributed by atoms with E-state index in [4.69, 9.17) is 0 Å². The fourth-order valence-electron chi connectivity index (χ4n) is 1.15. The Labute approximate surface area is 77.2 Å². The van der Waals surface area contributed by atoms with E-state index in [1.807, 2.05) is 0 Å². The largest absolute Gasteiger partial charge is 0.412 e. The van der Waals surface area contributed by atoms with Gasteiger partial charge in [-0.3, -0.25) is 0 Å². The molecule has 0 heterocycles. The highest BCUT2D eigenvalue weighted by Crippen LogP contribution is 2.05. The van der Waals surface area contributed by atoms with Crippen LogP contribution in [-0.2, 0) is 0 Å². The van der Waals surface area contributed by atoms with E-state index in [-0.39, 0.29) is 5.48 Å². The first-order valence-corrected chi connectivity index (χ1v) is 5.06. The van der Waals surface area contributed by atoms with Gasteiger partial charge in [-0.1, -0.05) is 51.7 Å². The molecule has 0 rings (SSSR count). The van der Waals surface area contributed by atoms with Crippen molar-refractivity contribution in [1.82, 2.24) is 0 Å². The molecule has 0 bridgehead atoms. The van der Waals surface area contributed by atoms with E-state index in [0.29, 0.717) is 0 Å². The summed E-state index contributed by atoms with van der Waals surface area (Å²) in [5.41, 5.74) is 0. The van der Waals surface area contributed by atoms with Gasteiger partial charge in [0.05, 0.1) is 0 Å². The number of allylic oxidation sites excluding steroid dienone is 2. The molecule has 0 aliphatic heterocycles. The van der Waals surface area contributed by atoms with Crippen molar-refractivity contribution in [1.29, 1.82) is 0 Å². The van der Waals surface area contributed by atoms with E-state index in [9.17, 15) is 0 Å². The van der Waals surface area contributed by atoms with E-state index in [0.717, 1.165) is 0 Å². The van der Waals surface area contributed by atoms with Gasteiger partial charge in [-0.05, 0) is 19.3 Å². The average molecular weight is 172 g/mol. The smallest absolute Gasteiger partial charge is 0.0351 e. The van der Waals surface area contributed by atoms with Crippen LogP contribution in [-0.4, -0.2) is 5.48 Å². The van der Waals surface area contributed by atoms with Crippen molar-refractivity contribution in [3.63, 3.8) is 0 Å². The Morgan fingerprint density at radius 1 is 0.833 bits per heavy atom. The number of rotatable bonds is 7. The predicted octanol–water partition coefficient (Wildman–Crippen LogP) is 3.49. The van der Waals surface area contributed by atoms with Gasteiger partial charge in [0, 0.05) is 0 Å². The summed E-state index contributed by atoms with van der Waals surface area (Å²) in [5, 5.41) is 0. The van der Waals surface area contributed by atoms with E-state index in [1.54, 1.807) is 0 Å². The Hall–Kier alpha value is -0.300. The van der Waals surface area contributed by atoms with E-state index >= 15 is 0 Å². The third kappa shape index (κ3) is 12.4. The maximum absolute atomic E-state index is 2.31. The van der Waals surface area contributed by atoms with Gasteiger partial charge in [-0.2, -0.15) is 0 Å². The van der Waals surface area contributed by atoms with Crippen molar-refractivity contribution in [2.24, 2.45) is 0 Å². The van der Waals surface area contributed by atoms with E-state index in [2.05, 4.69) is 26.0 Å². The van der Waals surface area contributed by atoms with Crippen molar-refractivity contribution in [2.45, 2.75) is 58.8 Å². The SMILES string of the molecule is CCC=CCCCCCCC.O. The molecule has 0 aromatic heterocycles. The van der Waals surface area contributed by atoms with Crippen LogP contribution in [0.2, 0.25) is 0 Å². The first-order chi connectivity index (χ1) is 5.41. The molecule has 12 heavy (non-hydrogen) atoms. The van der Waals surface area contributed by atoms with Crippen molar-refractivity contribution < 1.29 is 5.48 Å². The number of hydrogen-bond donors (Lipinski definition) is 0. The summed E-state index contributed by atoms with van der Waals surface area (Å²) in [5.74, 6) is 0. The Kier molecular flexibility index (Phi) is 15.8. The van der Waals surface area contributed by atoms with Crippen LogP contribution in [0.3, 0.4) is 0 Å². The molecular formula is C11H24O. The molecule has 0 fully saturated rings. The third-order valence-electron chi connectivity index (χ3n) is 1.88. The normalized spacial score (nSPS) is 10.2. The lowest BCUT2D eigenvalue weighted by molar-refractivity contribution is 0.637. The predicted molar refractivity (Wildman–Crippen MR) is 56.4 cm³/mol. The summed E-state index contributed by atoms with van der Waals surface area (Å²) in [6.07, 6.45) is 14.1. The van der Waals surface area contributed by atoms with Crippen LogP contribution >= 0.6 is 0 Å². The monoisotopic (exact) mass is 172 g/mol. The van der Waals surface area contributed by atoms with Crippen LogP contribution in [0.25, 0.3) is 0 Å². The van der Waals surface area contributed by atoms with Crippen LogP contribution in [0.4, 0.5) is 0 Å². The summed E-state index contributed by atoms with van der Waals surface area (Å²) >= 11 is 0. The molecule has 1 nitrogen and oxygen atoms in total. The van der Waals surface area contributed by atoms with Gasteiger partial charge in [0.1, 0.15) is 0 Å². The molecule has 0 aliphatic carbocycles. The summed E-state index contributed by atoms with van der Waals surface area (Å²) < 4.78 is 0. The van der Waals surface area contributed by atoms with E-state index < -0.39 is 0 Å². The fraction of sp³-hybridized carbons (Fsp3) is 0.818. The molecule has 2 N–H and O–H groups in total. The Bertz CT molecular complexity index is 87.0. The first kappa shape index (κ1) is 14.2. The van der Waals surface area contributed by atoms with Crippen molar-refractivity contribution in [3.8, 4) is 0 Å². The summed E-state index contributed by atoms with van der Waals surface area (Å²) in [4.78, 5) is 0. The molecule has 0 aromatic carbocycles. The Morgan fingerprint density at radius 2 is 1.50 bits per heavy atom. The van der Waals surface area contributed by atoms with Gasteiger partial charge in [0.15, 0.2) is 0 Å². The fourth-order valence-corrected chi connectivity index (χ4v) is 1.15. The Morgan fingerprint density at radius 3 is 2.08 bits per heavy atom. The molecule has 0 atom stereocenters. The molecular weight excluding hydrogens is 148 g/mol. The minimum Gasteiger partial charge on any atom is -0.412 e. The minimum absolute atomic E-state index is 0. The molecule has 0 saturated carbocycles. The maximum Gasteiger partial charge on any atom is -0.0351 e. The molecule has 0 radical (unpaired) electrons. The van der Waals surface area contributed by atoms with Gasteiger partial charge in [0.25, 0.3) is 0 Å². The highest BCUT2D eigenvalue weighted by molar-refractivity contribution is 4.79. The molecule has 74 valence electrons. The standard InChI is InChI=1S/C11H22.H2O/c1-3-5-7-9-11-10-8-6-4-2;/h5,7H,3-4,6,8-11H2,1-2H3;1H2. The number of unbranched alkanes of at least 4 members (excludes halogenated alkanes) is 5. The quantitative estimate of drug-likeness (QED) is 0.416. The van der Waals surface area contributed by atoms with Crippen LogP contribution in [0.1, 0.15) is 58.8 Å². The zero-order chi connectivity index (χ0) is 8.36. The minimum atomic E-state index is 0. The van der Waals surface area contributed by atoms with Crippen LogP contribution in [0, 0.1) is 0 Å². The first-order valence-electron chi connectivity index (χ1n) is 5.06. The second-order valence-electron chi connectivity index (χ2n) is 3.08. The zero-order valence-electron chi connectivity index (χ0n) is 8.60. The lowest BCUT2D eigenvalue weighted by Crippen LogP contribution is -1.75. The third-order valence-corrected chi connectivity index (χ3v) is 1.88. The van der Waals surface area contributed by atoms with Crippen LogP contribution in [0.5, 0.6) is 0 Å². The molecule has 0 aliphatic rings. The van der Waals surface area contributed by atoms with Crippen LogP contribution in [0.15, 0.2) is 12.2 Å². The van der Waals surface area contributed by atoms with Gasteiger partial charge in [-0.25, -0.2) is 0 Å². The van der Waals surface area contributed by atoms with Crippen LogP contribution < -0.4 is 0 Å². The summed E-state index contributed by atoms with van der Waals surface area (Å²) in [6.45, 7) is 4.45. The molecule has 0 unspecified atom stereocenters. The summed E-state index contributed by atoms with van der Waals surface area (Å²) in [6, 6.07) is 0. The van der Waals surface area contributed by atoms with E-state index in [1.165, 1.54) is 44.9 Å². The second-order valence-corrected chi connectivity index (χ2v) is 3.08. The molecule has 0 saturated heterocycles. The molecule has 0 amide bonds. The summed E-state index contributed by atoms with van der Waals surface area (Å²) in [7, 11) is 0. The van der Waals surface area contributed by atoms with Gasteiger partial charge in [0.2, 0.25) is 0 Å². The van der Waals surface area contributed by atoms with Crippen molar-refractivity contribution in [3.05, 3.63) is 12.2 Å². The highest BCUT2D eigenvalue weighted by Gasteiger charge is 1.85. The van der Waals surface area contributed by atoms with Crippen molar-refractivity contribution >= 4 is 0 Å². The Balaban J connectivity index is 0. The molecule has 0 aromatic rings. The number of hydrogen-bond acceptors (Lipinski definition) is 0. The lowest BCUT2D eigenvalue weighted by atomic mass is 10.1. The van der Waals surface area contributed by atoms with Gasteiger partial charge >= 0.3 is 0 Å². The molecule has 1 heteroatoms. The zero-order valence-corrected chi connectivity index (χ0v) is 8.60. The van der Waals surface area contributed by atoms with Gasteiger partial charge < -0.3 is 5.48 Å². The maximum atomic E-state index is 2.31. The second kappa shape index (κ2) is 13.3. The molecule has 0 spiro atoms. The average Bonchev–Trinajstić information content (AvgIpc) is 2.03. The lowest BCUT2D eigenvalue weighted by Gasteiger charge is -1.95. The van der Waals surface area contributed by atoms with Crippen molar-refractivity contribution in [2.75, 3.05) is 0 Å². The van der Waals surface area contributed by atoms with Gasteiger partial charge in [-0.15, -0.1) is 0 Å². The topological polar surface area (TPSA) is 31.5 Å². The highest BCUT2D eigenvalue weighted by atomic mass is 16.0.